The standard InChI is InChI=1S/C15H24O.C10H16O/c1-12(2)7-6-8-14(5)15(11-16)10-9-13(3)4;1-9(2)5-4-6-10(3)7-8-11/h7,9,11H,6,8,10H2,1-5H3;5,7-8H,4,6H2,1-3H3. The summed E-state index contributed by atoms with van der Waals surface area (Å²) in [4.78, 5) is 21.0. The van der Waals surface area contributed by atoms with Gasteiger partial charge in [-0.1, -0.05) is 46.1 Å². The van der Waals surface area contributed by atoms with Gasteiger partial charge in [0, 0.05) is 0 Å². The molecule has 0 aromatic carbocycles. The summed E-state index contributed by atoms with van der Waals surface area (Å²) in [5, 5.41) is 0. The Kier molecular flexibility index (Phi) is 17.6. The van der Waals surface area contributed by atoms with Crippen molar-refractivity contribution in [3.8, 4) is 0 Å². The summed E-state index contributed by atoms with van der Waals surface area (Å²) in [6.45, 7) is 16.5. The van der Waals surface area contributed by atoms with E-state index in [0.717, 1.165) is 55.8 Å². The fourth-order valence-electron chi connectivity index (χ4n) is 2.16. The van der Waals surface area contributed by atoms with Crippen molar-refractivity contribution in [2.45, 2.75) is 87.5 Å². The highest BCUT2D eigenvalue weighted by Gasteiger charge is 1.99. The zero-order valence-corrected chi connectivity index (χ0v) is 18.8. The van der Waals surface area contributed by atoms with E-state index >= 15 is 0 Å². The molecule has 0 aliphatic rings. The van der Waals surface area contributed by atoms with Crippen LogP contribution in [0.2, 0.25) is 0 Å². The SMILES string of the molecule is CC(C)=CCCC(C)=C(C=O)CC=C(C)C.CC(C)=CCCC(C)=CC=O. The van der Waals surface area contributed by atoms with Gasteiger partial charge in [0.15, 0.2) is 0 Å². The highest BCUT2D eigenvalue weighted by molar-refractivity contribution is 5.74. The Balaban J connectivity index is 0. The molecule has 0 saturated heterocycles. The summed E-state index contributed by atoms with van der Waals surface area (Å²) >= 11 is 0. The monoisotopic (exact) mass is 372 g/mol. The molecule has 2 nitrogen and oxygen atoms in total. The fourth-order valence-corrected chi connectivity index (χ4v) is 2.16. The Labute approximate surface area is 167 Å². The van der Waals surface area contributed by atoms with Crippen molar-refractivity contribution in [1.29, 1.82) is 0 Å². The van der Waals surface area contributed by atoms with E-state index in [4.69, 9.17) is 0 Å². The predicted octanol–water partition coefficient (Wildman–Crippen LogP) is 7.48. The first-order valence-electron chi connectivity index (χ1n) is 9.78. The third-order valence-electron chi connectivity index (χ3n) is 3.94. The molecule has 0 N–H and O–H groups in total. The van der Waals surface area contributed by atoms with Crippen LogP contribution in [0.25, 0.3) is 0 Å². The molecule has 0 heterocycles. The van der Waals surface area contributed by atoms with Crippen molar-refractivity contribution in [3.05, 3.63) is 57.7 Å². The van der Waals surface area contributed by atoms with Crippen molar-refractivity contribution in [1.82, 2.24) is 0 Å². The summed E-state index contributed by atoms with van der Waals surface area (Å²) in [5.41, 5.74) is 7.23. The van der Waals surface area contributed by atoms with Crippen LogP contribution in [0.4, 0.5) is 0 Å². The summed E-state index contributed by atoms with van der Waals surface area (Å²) < 4.78 is 0. The lowest BCUT2D eigenvalue weighted by Crippen LogP contribution is -1.90. The molecule has 0 spiro atoms. The molecule has 0 aliphatic carbocycles. The van der Waals surface area contributed by atoms with Gasteiger partial charge in [0.1, 0.15) is 12.6 Å². The third kappa shape index (κ3) is 20.2. The molecule has 0 aromatic heterocycles. The van der Waals surface area contributed by atoms with Gasteiger partial charge in [0.25, 0.3) is 0 Å². The zero-order chi connectivity index (χ0) is 21.2. The van der Waals surface area contributed by atoms with E-state index in [1.807, 2.05) is 6.92 Å². The minimum atomic E-state index is 0.770. The molecule has 0 atom stereocenters. The van der Waals surface area contributed by atoms with Crippen molar-refractivity contribution in [2.75, 3.05) is 0 Å². The summed E-state index contributed by atoms with van der Waals surface area (Å²) in [6.07, 6.45) is 14.8. The second-order valence-electron chi connectivity index (χ2n) is 7.70. The Hall–Kier alpha value is -1.96. The van der Waals surface area contributed by atoms with Crippen LogP contribution in [0.15, 0.2) is 57.7 Å². The highest BCUT2D eigenvalue weighted by atomic mass is 16.1. The topological polar surface area (TPSA) is 34.1 Å². The smallest absolute Gasteiger partial charge is 0.146 e. The van der Waals surface area contributed by atoms with Gasteiger partial charge in [-0.3, -0.25) is 9.59 Å². The Bertz CT molecular complexity index is 584. The van der Waals surface area contributed by atoms with Crippen molar-refractivity contribution < 1.29 is 9.59 Å². The van der Waals surface area contributed by atoms with E-state index in [0.29, 0.717) is 0 Å². The highest BCUT2D eigenvalue weighted by Crippen LogP contribution is 2.14. The Morgan fingerprint density at radius 2 is 1.15 bits per heavy atom. The minimum absolute atomic E-state index is 0.770. The van der Waals surface area contributed by atoms with Crippen LogP contribution in [-0.4, -0.2) is 12.6 Å². The van der Waals surface area contributed by atoms with Crippen LogP contribution in [0, 0.1) is 0 Å². The number of hydrogen-bond acceptors (Lipinski definition) is 2. The second-order valence-corrected chi connectivity index (χ2v) is 7.70. The number of allylic oxidation sites excluding steroid dienone is 10. The normalized spacial score (nSPS) is 11.3. The lowest BCUT2D eigenvalue weighted by atomic mass is 10.0. The average molecular weight is 373 g/mol. The van der Waals surface area contributed by atoms with Gasteiger partial charge in [-0.2, -0.15) is 0 Å². The molecule has 0 saturated carbocycles. The Morgan fingerprint density at radius 3 is 1.56 bits per heavy atom. The molecule has 0 unspecified atom stereocenters. The first-order chi connectivity index (χ1) is 12.6. The lowest BCUT2D eigenvalue weighted by Gasteiger charge is -2.04. The molecule has 0 radical (unpaired) electrons. The molecule has 0 fully saturated rings. The van der Waals surface area contributed by atoms with E-state index in [-0.39, 0.29) is 0 Å². The van der Waals surface area contributed by atoms with Crippen LogP contribution < -0.4 is 0 Å². The summed E-state index contributed by atoms with van der Waals surface area (Å²) in [5.74, 6) is 0. The van der Waals surface area contributed by atoms with Crippen LogP contribution in [0.1, 0.15) is 87.5 Å². The number of hydrogen-bond donors (Lipinski definition) is 0. The maximum Gasteiger partial charge on any atom is 0.146 e. The van der Waals surface area contributed by atoms with Gasteiger partial charge in [-0.15, -0.1) is 0 Å². The van der Waals surface area contributed by atoms with Crippen LogP contribution >= 0.6 is 0 Å². The van der Waals surface area contributed by atoms with Crippen LogP contribution in [0.5, 0.6) is 0 Å². The lowest BCUT2D eigenvalue weighted by molar-refractivity contribution is -0.105. The number of carbonyl (C=O) groups excluding carboxylic acids is 2. The van der Waals surface area contributed by atoms with Gasteiger partial charge in [-0.25, -0.2) is 0 Å². The summed E-state index contributed by atoms with van der Waals surface area (Å²) in [6, 6.07) is 0. The summed E-state index contributed by atoms with van der Waals surface area (Å²) in [7, 11) is 0. The molecule has 0 aromatic rings. The first kappa shape index (κ1) is 27.3. The van der Waals surface area contributed by atoms with Crippen LogP contribution in [-0.2, 0) is 9.59 Å². The third-order valence-corrected chi connectivity index (χ3v) is 3.94. The minimum Gasteiger partial charge on any atom is -0.299 e. The largest absolute Gasteiger partial charge is 0.299 e. The van der Waals surface area contributed by atoms with E-state index in [9.17, 15) is 9.59 Å². The van der Waals surface area contributed by atoms with Crippen molar-refractivity contribution in [3.63, 3.8) is 0 Å². The van der Waals surface area contributed by atoms with Crippen molar-refractivity contribution in [2.24, 2.45) is 0 Å². The maximum atomic E-state index is 11.0. The fraction of sp³-hybridized carbons (Fsp3) is 0.520. The maximum absolute atomic E-state index is 11.0. The molecule has 0 rings (SSSR count). The molecule has 0 bridgehead atoms. The van der Waals surface area contributed by atoms with Gasteiger partial charge in [0.2, 0.25) is 0 Å². The molecule has 152 valence electrons. The van der Waals surface area contributed by atoms with Gasteiger partial charge >= 0.3 is 0 Å². The van der Waals surface area contributed by atoms with Gasteiger partial charge in [-0.05, 0) is 99.1 Å². The van der Waals surface area contributed by atoms with Gasteiger partial charge < -0.3 is 0 Å². The van der Waals surface area contributed by atoms with E-state index in [1.54, 1.807) is 6.08 Å². The molecule has 2 heteroatoms. The number of rotatable bonds is 10. The molecular formula is C25H40O2. The van der Waals surface area contributed by atoms with Crippen molar-refractivity contribution >= 4 is 12.6 Å². The zero-order valence-electron chi connectivity index (χ0n) is 18.8. The molecule has 0 aliphatic heterocycles. The number of aldehydes is 2. The van der Waals surface area contributed by atoms with Crippen LogP contribution in [0.3, 0.4) is 0 Å². The molecular weight excluding hydrogens is 332 g/mol. The second kappa shape index (κ2) is 17.5. The van der Waals surface area contributed by atoms with E-state index in [1.165, 1.54) is 22.3 Å². The number of carbonyl (C=O) groups is 2. The first-order valence-corrected chi connectivity index (χ1v) is 9.78. The predicted molar refractivity (Wildman–Crippen MR) is 120 cm³/mol. The van der Waals surface area contributed by atoms with E-state index in [2.05, 4.69) is 66.7 Å². The molecule has 0 amide bonds. The quantitative estimate of drug-likeness (QED) is 0.226. The average Bonchev–Trinajstić information content (AvgIpc) is 2.55. The van der Waals surface area contributed by atoms with E-state index < -0.39 is 0 Å². The molecule has 27 heavy (non-hydrogen) atoms. The van der Waals surface area contributed by atoms with Gasteiger partial charge in [0.05, 0.1) is 0 Å². The Morgan fingerprint density at radius 1 is 0.667 bits per heavy atom.